The van der Waals surface area contributed by atoms with Crippen LogP contribution in [0.25, 0.3) is 94.5 Å². The maximum atomic E-state index is 5.12. The molecule has 274 valence electrons. The Labute approximate surface area is 339 Å². The van der Waals surface area contributed by atoms with E-state index in [1.807, 2.05) is 0 Å². The van der Waals surface area contributed by atoms with Gasteiger partial charge in [-0.2, -0.15) is 0 Å². The van der Waals surface area contributed by atoms with Crippen LogP contribution in [0.4, 0.5) is 0 Å². The highest BCUT2D eigenvalue weighted by molar-refractivity contribution is 6.09. The van der Waals surface area contributed by atoms with Crippen LogP contribution in [0.3, 0.4) is 0 Å². The number of hydrogen-bond acceptors (Lipinski definition) is 1. The Balaban J connectivity index is 0.949. The first-order valence-electron chi connectivity index (χ1n) is 20.1. The standard InChI is InChI=1S/C56H40N2/c1-56(2)50-33-42(39-19-13-20-40(31-39)44-35-52(37-15-5-3-6-16-37)57-53(36-44)38-17-7-4-8-18-38)27-29-46(50)47-30-28-43(34-51(47)56)41-21-14-22-45(32-41)58-54-25-11-9-23-48(54)49-24-10-12-26-55(49)58/h3-36H,1-2H3. The van der Waals surface area contributed by atoms with Crippen LogP contribution in [-0.4, -0.2) is 9.55 Å². The zero-order chi connectivity index (χ0) is 38.8. The number of para-hydroxylation sites is 2. The molecule has 0 fully saturated rings. The van der Waals surface area contributed by atoms with Gasteiger partial charge in [0.15, 0.2) is 0 Å². The molecule has 2 heterocycles. The smallest absolute Gasteiger partial charge is 0.0715 e. The molecule has 0 amide bonds. The largest absolute Gasteiger partial charge is 0.309 e. The molecule has 0 atom stereocenters. The topological polar surface area (TPSA) is 17.8 Å². The summed E-state index contributed by atoms with van der Waals surface area (Å²) in [5, 5.41) is 2.55. The molecule has 0 bridgehead atoms. The van der Waals surface area contributed by atoms with Crippen LogP contribution in [0.15, 0.2) is 206 Å². The molecule has 11 rings (SSSR count). The number of hydrogen-bond donors (Lipinski definition) is 0. The third-order valence-corrected chi connectivity index (χ3v) is 12.2. The first-order valence-corrected chi connectivity index (χ1v) is 20.1. The van der Waals surface area contributed by atoms with E-state index in [0.717, 1.165) is 28.1 Å². The van der Waals surface area contributed by atoms with Crippen molar-refractivity contribution in [3.8, 4) is 72.7 Å². The molecule has 10 aromatic rings. The third-order valence-electron chi connectivity index (χ3n) is 12.2. The minimum absolute atomic E-state index is 0.168. The van der Waals surface area contributed by atoms with Gasteiger partial charge in [0, 0.05) is 33.0 Å². The Morgan fingerprint density at radius 3 is 1.33 bits per heavy atom. The normalized spacial score (nSPS) is 12.8. The molecule has 0 unspecified atom stereocenters. The van der Waals surface area contributed by atoms with Crippen molar-refractivity contribution in [1.82, 2.24) is 9.55 Å². The molecule has 2 aromatic heterocycles. The Morgan fingerprint density at radius 2 is 0.776 bits per heavy atom. The summed E-state index contributed by atoms with van der Waals surface area (Å²) in [7, 11) is 0. The highest BCUT2D eigenvalue weighted by Crippen LogP contribution is 2.51. The molecule has 1 aliphatic carbocycles. The van der Waals surface area contributed by atoms with Gasteiger partial charge in [0.1, 0.15) is 0 Å². The van der Waals surface area contributed by atoms with Gasteiger partial charge in [-0.25, -0.2) is 4.98 Å². The van der Waals surface area contributed by atoms with E-state index >= 15 is 0 Å². The average Bonchev–Trinajstić information content (AvgIpc) is 3.74. The van der Waals surface area contributed by atoms with Gasteiger partial charge < -0.3 is 4.57 Å². The molecule has 0 spiro atoms. The summed E-state index contributed by atoms with van der Waals surface area (Å²) in [6.45, 7) is 4.76. The SMILES string of the molecule is CC1(C)c2cc(-c3cccc(-c4cc(-c5ccccc5)nc(-c5ccccc5)c4)c3)ccc2-c2ccc(-c3cccc(-n4c5ccccc5c5ccccc54)c3)cc21. The predicted octanol–water partition coefficient (Wildman–Crippen LogP) is 14.8. The van der Waals surface area contributed by atoms with Crippen molar-refractivity contribution >= 4 is 21.8 Å². The fourth-order valence-corrected chi connectivity index (χ4v) is 9.21. The Hall–Kier alpha value is -7.29. The fraction of sp³-hybridized carbons (Fsp3) is 0.0536. The quantitative estimate of drug-likeness (QED) is 0.166. The van der Waals surface area contributed by atoms with Crippen molar-refractivity contribution in [2.45, 2.75) is 19.3 Å². The molecule has 1 aliphatic rings. The van der Waals surface area contributed by atoms with Crippen molar-refractivity contribution in [2.24, 2.45) is 0 Å². The van der Waals surface area contributed by atoms with E-state index in [2.05, 4.69) is 225 Å². The van der Waals surface area contributed by atoms with Gasteiger partial charge in [0.25, 0.3) is 0 Å². The zero-order valence-electron chi connectivity index (χ0n) is 32.5. The lowest BCUT2D eigenvalue weighted by Gasteiger charge is -2.23. The maximum Gasteiger partial charge on any atom is 0.0715 e. The van der Waals surface area contributed by atoms with Crippen LogP contribution in [-0.2, 0) is 5.41 Å². The van der Waals surface area contributed by atoms with Crippen molar-refractivity contribution in [3.63, 3.8) is 0 Å². The Bertz CT molecular complexity index is 3080. The summed E-state index contributed by atoms with van der Waals surface area (Å²) in [5.41, 5.74) is 20.2. The molecule has 0 saturated heterocycles. The van der Waals surface area contributed by atoms with Crippen LogP contribution in [0.5, 0.6) is 0 Å². The number of aromatic nitrogens is 2. The van der Waals surface area contributed by atoms with Crippen LogP contribution < -0.4 is 0 Å². The summed E-state index contributed by atoms with van der Waals surface area (Å²) >= 11 is 0. The predicted molar refractivity (Wildman–Crippen MR) is 243 cm³/mol. The minimum atomic E-state index is -0.168. The zero-order valence-corrected chi connectivity index (χ0v) is 32.5. The minimum Gasteiger partial charge on any atom is -0.309 e. The van der Waals surface area contributed by atoms with Crippen molar-refractivity contribution in [2.75, 3.05) is 0 Å². The number of benzene rings is 8. The summed E-state index contributed by atoms with van der Waals surface area (Å²) in [5.74, 6) is 0. The van der Waals surface area contributed by atoms with Crippen LogP contribution in [0.1, 0.15) is 25.0 Å². The van der Waals surface area contributed by atoms with Crippen LogP contribution >= 0.6 is 0 Å². The van der Waals surface area contributed by atoms with Crippen LogP contribution in [0, 0.1) is 0 Å². The van der Waals surface area contributed by atoms with Gasteiger partial charge in [0.05, 0.1) is 22.4 Å². The summed E-state index contributed by atoms with van der Waals surface area (Å²) in [6, 6.07) is 74.9. The van der Waals surface area contributed by atoms with E-state index in [4.69, 9.17) is 4.98 Å². The van der Waals surface area contributed by atoms with Crippen molar-refractivity contribution in [1.29, 1.82) is 0 Å². The highest BCUT2D eigenvalue weighted by atomic mass is 15.0. The molecular formula is C56H40N2. The van der Waals surface area contributed by atoms with Gasteiger partial charge in [-0.05, 0) is 110 Å². The summed E-state index contributed by atoms with van der Waals surface area (Å²) < 4.78 is 2.40. The monoisotopic (exact) mass is 740 g/mol. The third kappa shape index (κ3) is 5.60. The molecule has 0 aliphatic heterocycles. The van der Waals surface area contributed by atoms with E-state index in [-0.39, 0.29) is 5.41 Å². The van der Waals surface area contributed by atoms with Gasteiger partial charge in [0.2, 0.25) is 0 Å². The number of rotatable bonds is 6. The van der Waals surface area contributed by atoms with E-state index in [1.165, 1.54) is 77.6 Å². The number of pyridine rings is 1. The molecular weight excluding hydrogens is 701 g/mol. The lowest BCUT2D eigenvalue weighted by Crippen LogP contribution is -2.15. The average molecular weight is 741 g/mol. The van der Waals surface area contributed by atoms with Gasteiger partial charge >= 0.3 is 0 Å². The number of nitrogens with zero attached hydrogens (tertiary/aromatic N) is 2. The lowest BCUT2D eigenvalue weighted by atomic mass is 9.80. The van der Waals surface area contributed by atoms with Crippen molar-refractivity contribution in [3.05, 3.63) is 217 Å². The second-order valence-electron chi connectivity index (χ2n) is 16.0. The Kier molecular flexibility index (Phi) is 7.87. The van der Waals surface area contributed by atoms with E-state index in [0.29, 0.717) is 0 Å². The van der Waals surface area contributed by atoms with E-state index in [1.54, 1.807) is 0 Å². The van der Waals surface area contributed by atoms with E-state index in [9.17, 15) is 0 Å². The molecule has 2 nitrogen and oxygen atoms in total. The first-order chi connectivity index (χ1) is 28.5. The summed E-state index contributed by atoms with van der Waals surface area (Å²) in [6.07, 6.45) is 0. The molecule has 58 heavy (non-hydrogen) atoms. The fourth-order valence-electron chi connectivity index (χ4n) is 9.21. The second-order valence-corrected chi connectivity index (χ2v) is 16.0. The molecule has 2 heteroatoms. The van der Waals surface area contributed by atoms with Crippen LogP contribution in [0.2, 0.25) is 0 Å². The lowest BCUT2D eigenvalue weighted by molar-refractivity contribution is 0.661. The molecule has 0 saturated carbocycles. The maximum absolute atomic E-state index is 5.12. The first kappa shape index (κ1) is 34.0. The molecule has 8 aromatic carbocycles. The molecule has 0 N–H and O–H groups in total. The van der Waals surface area contributed by atoms with Gasteiger partial charge in [-0.15, -0.1) is 0 Å². The Morgan fingerprint density at radius 1 is 0.345 bits per heavy atom. The summed E-state index contributed by atoms with van der Waals surface area (Å²) in [4.78, 5) is 5.12. The van der Waals surface area contributed by atoms with Gasteiger partial charge in [-0.3, -0.25) is 0 Å². The van der Waals surface area contributed by atoms with Gasteiger partial charge in [-0.1, -0.05) is 166 Å². The highest BCUT2D eigenvalue weighted by Gasteiger charge is 2.36. The molecule has 0 radical (unpaired) electrons. The second kappa shape index (κ2) is 13.4. The number of fused-ring (bicyclic) bond motifs is 6. The van der Waals surface area contributed by atoms with Crippen molar-refractivity contribution < 1.29 is 0 Å². The van der Waals surface area contributed by atoms with E-state index < -0.39 is 0 Å².